The van der Waals surface area contributed by atoms with Crippen molar-refractivity contribution in [3.05, 3.63) is 16.4 Å². The highest BCUT2D eigenvalue weighted by Crippen LogP contribution is 2.53. The number of nitrogens with one attached hydrogen (secondary N) is 1. The minimum Gasteiger partial charge on any atom is -0.311 e. The Bertz CT molecular complexity index is 485. The predicted octanol–water partition coefficient (Wildman–Crippen LogP) is 2.90. The Morgan fingerprint density at radius 3 is 2.81 bits per heavy atom. The van der Waals surface area contributed by atoms with Crippen molar-refractivity contribution in [1.29, 1.82) is 0 Å². The second kappa shape index (κ2) is 6.39. The highest BCUT2D eigenvalue weighted by atomic mass is 79.9. The average Bonchev–Trinajstić information content (AvgIpc) is 3.15. The van der Waals surface area contributed by atoms with Crippen molar-refractivity contribution >= 4 is 15.9 Å². The van der Waals surface area contributed by atoms with E-state index in [1.807, 2.05) is 6.20 Å². The van der Waals surface area contributed by atoms with Crippen molar-refractivity contribution in [3.8, 4) is 0 Å². The molecule has 0 aromatic carbocycles. The van der Waals surface area contributed by atoms with E-state index in [1.165, 1.54) is 31.4 Å². The number of hydrogen-bond donors (Lipinski definition) is 1. The number of likely N-dealkylation sites (N-methyl/N-ethyl adjacent to an activating group) is 1. The van der Waals surface area contributed by atoms with Gasteiger partial charge in [-0.15, -0.1) is 0 Å². The first kappa shape index (κ1) is 15.5. The summed E-state index contributed by atoms with van der Waals surface area (Å²) in [7, 11) is 6.33. The summed E-state index contributed by atoms with van der Waals surface area (Å²) in [6.07, 6.45) is 7.69. The summed E-state index contributed by atoms with van der Waals surface area (Å²) >= 11 is 3.73. The summed E-state index contributed by atoms with van der Waals surface area (Å²) in [5, 5.41) is 8.19. The van der Waals surface area contributed by atoms with Crippen molar-refractivity contribution in [2.75, 3.05) is 27.7 Å². The molecule has 5 heteroatoms. The molecule has 21 heavy (non-hydrogen) atoms. The zero-order chi connectivity index (χ0) is 15.0. The quantitative estimate of drug-likeness (QED) is 0.852. The van der Waals surface area contributed by atoms with E-state index in [2.05, 4.69) is 57.1 Å². The van der Waals surface area contributed by atoms with Crippen molar-refractivity contribution < 1.29 is 0 Å². The SMILES string of the molecule is CNC(c1c(Br)cnn1CCN(C)C)C1CC2CCC1C2. The fraction of sp³-hybridized carbons (Fsp3) is 0.812. The molecule has 118 valence electrons. The number of rotatable bonds is 6. The lowest BCUT2D eigenvalue weighted by Gasteiger charge is -2.31. The molecule has 0 aliphatic heterocycles. The molecule has 0 amide bonds. The number of halogens is 1. The minimum absolute atomic E-state index is 0.430. The van der Waals surface area contributed by atoms with Crippen LogP contribution in [0.3, 0.4) is 0 Å². The van der Waals surface area contributed by atoms with Crippen LogP contribution in [0.25, 0.3) is 0 Å². The molecule has 4 atom stereocenters. The summed E-state index contributed by atoms with van der Waals surface area (Å²) in [5.74, 6) is 2.67. The largest absolute Gasteiger partial charge is 0.311 e. The summed E-state index contributed by atoms with van der Waals surface area (Å²) in [6, 6.07) is 0.430. The first-order chi connectivity index (χ1) is 10.1. The molecule has 2 aliphatic carbocycles. The number of aromatic nitrogens is 2. The van der Waals surface area contributed by atoms with Crippen LogP contribution in [-0.2, 0) is 6.54 Å². The van der Waals surface area contributed by atoms with Gasteiger partial charge in [-0.1, -0.05) is 6.42 Å². The molecule has 4 unspecified atom stereocenters. The molecule has 1 aromatic heterocycles. The molecular weight excluding hydrogens is 328 g/mol. The standard InChI is InChI=1S/C16H27BrN4/c1-18-15(13-9-11-4-5-12(13)8-11)16-14(17)10-19-21(16)7-6-20(2)3/h10-13,15,18H,4-9H2,1-3H3. The van der Waals surface area contributed by atoms with Gasteiger partial charge in [0, 0.05) is 6.54 Å². The number of hydrogen-bond acceptors (Lipinski definition) is 3. The monoisotopic (exact) mass is 354 g/mol. The fourth-order valence-electron chi connectivity index (χ4n) is 4.41. The van der Waals surface area contributed by atoms with Gasteiger partial charge in [-0.05, 0) is 74.1 Å². The van der Waals surface area contributed by atoms with Gasteiger partial charge in [-0.25, -0.2) is 0 Å². The summed E-state index contributed by atoms with van der Waals surface area (Å²) in [5.41, 5.74) is 1.34. The van der Waals surface area contributed by atoms with Gasteiger partial charge in [-0.3, -0.25) is 4.68 Å². The van der Waals surface area contributed by atoms with Gasteiger partial charge >= 0.3 is 0 Å². The molecule has 2 fully saturated rings. The van der Waals surface area contributed by atoms with E-state index in [0.717, 1.165) is 35.3 Å². The highest BCUT2D eigenvalue weighted by Gasteiger charge is 2.44. The van der Waals surface area contributed by atoms with Crippen LogP contribution in [-0.4, -0.2) is 42.4 Å². The molecule has 1 heterocycles. The van der Waals surface area contributed by atoms with Gasteiger partial charge in [0.2, 0.25) is 0 Å². The molecule has 0 saturated heterocycles. The van der Waals surface area contributed by atoms with Crippen LogP contribution in [0.1, 0.15) is 37.4 Å². The summed E-state index contributed by atoms with van der Waals surface area (Å²) in [6.45, 7) is 1.97. The second-order valence-electron chi connectivity index (χ2n) is 7.01. The minimum atomic E-state index is 0.430. The second-order valence-corrected chi connectivity index (χ2v) is 7.86. The first-order valence-corrected chi connectivity index (χ1v) is 8.92. The Morgan fingerprint density at radius 2 is 2.24 bits per heavy atom. The lowest BCUT2D eigenvalue weighted by molar-refractivity contribution is 0.246. The molecule has 3 rings (SSSR count). The van der Waals surface area contributed by atoms with Gasteiger partial charge in [0.1, 0.15) is 0 Å². The molecular formula is C16H27BrN4. The third kappa shape index (κ3) is 3.06. The van der Waals surface area contributed by atoms with Gasteiger partial charge in [-0.2, -0.15) is 5.10 Å². The Labute approximate surface area is 136 Å². The van der Waals surface area contributed by atoms with Gasteiger partial charge in [0.15, 0.2) is 0 Å². The lowest BCUT2D eigenvalue weighted by atomic mass is 9.82. The maximum atomic E-state index is 4.59. The zero-order valence-electron chi connectivity index (χ0n) is 13.3. The van der Waals surface area contributed by atoms with E-state index in [0.29, 0.717) is 6.04 Å². The van der Waals surface area contributed by atoms with Crippen LogP contribution in [0.2, 0.25) is 0 Å². The highest BCUT2D eigenvalue weighted by molar-refractivity contribution is 9.10. The smallest absolute Gasteiger partial charge is 0.0699 e. The van der Waals surface area contributed by atoms with Crippen molar-refractivity contribution in [1.82, 2.24) is 20.0 Å². The maximum Gasteiger partial charge on any atom is 0.0699 e. The maximum absolute atomic E-state index is 4.59. The van der Waals surface area contributed by atoms with Gasteiger partial charge < -0.3 is 10.2 Å². The Morgan fingerprint density at radius 1 is 1.43 bits per heavy atom. The molecule has 1 N–H and O–H groups in total. The van der Waals surface area contributed by atoms with Gasteiger partial charge in [0.05, 0.1) is 29.0 Å². The van der Waals surface area contributed by atoms with Crippen LogP contribution < -0.4 is 5.32 Å². The third-order valence-corrected chi connectivity index (χ3v) is 6.03. The van der Waals surface area contributed by atoms with E-state index in [4.69, 9.17) is 0 Å². The molecule has 0 radical (unpaired) electrons. The van der Waals surface area contributed by atoms with Gasteiger partial charge in [0.25, 0.3) is 0 Å². The van der Waals surface area contributed by atoms with Crippen molar-refractivity contribution in [2.45, 2.75) is 38.3 Å². The van der Waals surface area contributed by atoms with E-state index < -0.39 is 0 Å². The third-order valence-electron chi connectivity index (χ3n) is 5.42. The topological polar surface area (TPSA) is 33.1 Å². The normalized spacial score (nSPS) is 29.5. The predicted molar refractivity (Wildman–Crippen MR) is 89.2 cm³/mol. The summed E-state index contributed by atoms with van der Waals surface area (Å²) < 4.78 is 3.35. The molecule has 2 saturated carbocycles. The Balaban J connectivity index is 1.81. The lowest BCUT2D eigenvalue weighted by Crippen LogP contribution is -2.32. The van der Waals surface area contributed by atoms with Crippen LogP contribution >= 0.6 is 15.9 Å². The van der Waals surface area contributed by atoms with Crippen LogP contribution in [0.15, 0.2) is 10.7 Å². The molecule has 0 spiro atoms. The molecule has 2 bridgehead atoms. The first-order valence-electron chi connectivity index (χ1n) is 8.13. The van der Waals surface area contributed by atoms with E-state index in [-0.39, 0.29) is 0 Å². The molecule has 2 aliphatic rings. The fourth-order valence-corrected chi connectivity index (χ4v) is 4.95. The van der Waals surface area contributed by atoms with E-state index >= 15 is 0 Å². The van der Waals surface area contributed by atoms with E-state index in [1.54, 1.807) is 0 Å². The van der Waals surface area contributed by atoms with Crippen LogP contribution in [0, 0.1) is 17.8 Å². The number of fused-ring (bicyclic) bond motifs is 2. The molecule has 4 nitrogen and oxygen atoms in total. The Hall–Kier alpha value is -0.390. The number of nitrogens with zero attached hydrogens (tertiary/aromatic N) is 3. The molecule has 1 aromatic rings. The Kier molecular flexibility index (Phi) is 4.71. The van der Waals surface area contributed by atoms with E-state index in [9.17, 15) is 0 Å². The zero-order valence-corrected chi connectivity index (χ0v) is 14.9. The summed E-state index contributed by atoms with van der Waals surface area (Å²) in [4.78, 5) is 2.21. The van der Waals surface area contributed by atoms with Crippen LogP contribution in [0.5, 0.6) is 0 Å². The average molecular weight is 355 g/mol. The van der Waals surface area contributed by atoms with Crippen LogP contribution in [0.4, 0.5) is 0 Å². The van der Waals surface area contributed by atoms with Crippen molar-refractivity contribution in [3.63, 3.8) is 0 Å². The van der Waals surface area contributed by atoms with Crippen molar-refractivity contribution in [2.24, 2.45) is 17.8 Å².